The lowest BCUT2D eigenvalue weighted by Gasteiger charge is -2.46. The summed E-state index contributed by atoms with van der Waals surface area (Å²) < 4.78 is 29.9. The molecule has 2 bridgehead atoms. The third-order valence-corrected chi connectivity index (χ3v) is 12.2. The summed E-state index contributed by atoms with van der Waals surface area (Å²) in [5.74, 6) is -5.98. The maximum Gasteiger partial charge on any atom is 0.329 e. The molecule has 11 heteroatoms. The topological polar surface area (TPSA) is 138 Å². The Bertz CT molecular complexity index is 1410. The molecule has 0 radical (unpaired) electrons. The highest BCUT2D eigenvalue weighted by Gasteiger charge is 2.56. The van der Waals surface area contributed by atoms with E-state index in [1.165, 1.54) is 4.90 Å². The van der Waals surface area contributed by atoms with E-state index in [1.54, 1.807) is 40.4 Å². The van der Waals surface area contributed by atoms with Gasteiger partial charge in [0.25, 0.3) is 11.7 Å². The number of carbonyl (C=O) groups is 4. The van der Waals surface area contributed by atoms with Gasteiger partial charge in [-0.05, 0) is 94.6 Å². The smallest absolute Gasteiger partial charge is 0.329 e. The zero-order chi connectivity index (χ0) is 39.2. The van der Waals surface area contributed by atoms with Gasteiger partial charge in [-0.2, -0.15) is 0 Å². The lowest BCUT2D eigenvalue weighted by atomic mass is 9.79. The Morgan fingerprint density at radius 1 is 0.925 bits per heavy atom. The number of rotatable bonds is 5. The first-order valence-electron chi connectivity index (χ1n) is 19.7. The molecule has 1 aliphatic carbocycles. The Labute approximate surface area is 316 Å². The molecule has 3 aliphatic heterocycles. The minimum atomic E-state index is -2.45. The van der Waals surface area contributed by atoms with E-state index in [1.807, 2.05) is 33.8 Å². The SMILES string of the molecule is COC1CC(/C=C(\C)C2OC(=O)C3CCCN3C(=O)C(=O)C3(O)OC(C(OC)CC(C)C/C(C)=C/C(C)C(=O)/C=C/C2C)C(OC)CC3C)CCC1C. The van der Waals surface area contributed by atoms with Crippen LogP contribution in [0.4, 0.5) is 0 Å². The molecule has 11 nitrogen and oxygen atoms in total. The molecule has 0 aromatic rings. The molecule has 2 saturated heterocycles. The minimum Gasteiger partial charge on any atom is -0.456 e. The third-order valence-electron chi connectivity index (χ3n) is 12.2. The highest BCUT2D eigenvalue weighted by Crippen LogP contribution is 2.39. The number of hydrogen-bond donors (Lipinski definition) is 1. The summed E-state index contributed by atoms with van der Waals surface area (Å²) in [6, 6.07) is -1.02. The van der Waals surface area contributed by atoms with E-state index >= 15 is 0 Å². The van der Waals surface area contributed by atoms with Crippen LogP contribution in [0.3, 0.4) is 0 Å². The molecule has 3 heterocycles. The quantitative estimate of drug-likeness (QED) is 0.210. The van der Waals surface area contributed by atoms with Crippen LogP contribution in [0.15, 0.2) is 35.5 Å². The number of hydrogen-bond acceptors (Lipinski definition) is 10. The minimum absolute atomic E-state index is 0.0570. The number of methoxy groups -OCH3 is 3. The maximum atomic E-state index is 14.1. The number of amides is 1. The molecule has 4 aliphatic rings. The van der Waals surface area contributed by atoms with Crippen LogP contribution >= 0.6 is 0 Å². The number of allylic oxidation sites excluding steroid dienone is 4. The Balaban J connectivity index is 1.72. The van der Waals surface area contributed by atoms with Crippen LogP contribution in [-0.4, -0.2) is 104 Å². The van der Waals surface area contributed by atoms with Crippen LogP contribution < -0.4 is 0 Å². The molecule has 0 spiro atoms. The molecule has 0 aromatic carbocycles. The monoisotopic (exact) mass is 743 g/mol. The molecule has 4 rings (SSSR count). The van der Waals surface area contributed by atoms with Crippen molar-refractivity contribution in [3.63, 3.8) is 0 Å². The Morgan fingerprint density at radius 2 is 1.58 bits per heavy atom. The summed E-state index contributed by atoms with van der Waals surface area (Å²) in [4.78, 5) is 56.8. The second-order valence-electron chi connectivity index (χ2n) is 16.5. The number of cyclic esters (lactones) is 1. The first-order chi connectivity index (χ1) is 25.0. The number of esters is 1. The Kier molecular flexibility index (Phi) is 15.2. The molecule has 13 atom stereocenters. The van der Waals surface area contributed by atoms with Crippen molar-refractivity contribution in [3.8, 4) is 0 Å². The van der Waals surface area contributed by atoms with Crippen LogP contribution in [0.25, 0.3) is 0 Å². The molecule has 1 amide bonds. The van der Waals surface area contributed by atoms with Crippen LogP contribution in [-0.2, 0) is 42.9 Å². The van der Waals surface area contributed by atoms with E-state index in [4.69, 9.17) is 23.7 Å². The van der Waals surface area contributed by atoms with Crippen LogP contribution in [0.2, 0.25) is 0 Å². The zero-order valence-corrected chi connectivity index (χ0v) is 33.7. The number of aliphatic hydroxyl groups is 1. The normalized spacial score (nSPS) is 41.9. The van der Waals surface area contributed by atoms with E-state index < -0.39 is 59.8 Å². The highest BCUT2D eigenvalue weighted by atomic mass is 16.7. The van der Waals surface area contributed by atoms with Crippen molar-refractivity contribution in [3.05, 3.63) is 35.5 Å². The predicted molar refractivity (Wildman–Crippen MR) is 201 cm³/mol. The maximum absolute atomic E-state index is 14.1. The fraction of sp³-hybridized carbons (Fsp3) is 0.762. The second kappa shape index (κ2) is 18.8. The van der Waals surface area contributed by atoms with Gasteiger partial charge in [0.2, 0.25) is 5.79 Å². The fourth-order valence-electron chi connectivity index (χ4n) is 8.95. The number of Topliss-reactive ketones (excluding diaryl/α,β-unsaturated/α-hetero) is 1. The van der Waals surface area contributed by atoms with Gasteiger partial charge in [0, 0.05) is 45.6 Å². The number of ether oxygens (including phenoxy) is 5. The lowest BCUT2D eigenvalue weighted by Crippen LogP contribution is -2.63. The van der Waals surface area contributed by atoms with Crippen molar-refractivity contribution in [2.45, 2.75) is 142 Å². The Hall–Kier alpha value is -2.70. The van der Waals surface area contributed by atoms with Crippen molar-refractivity contribution in [2.24, 2.45) is 35.5 Å². The first kappa shape index (κ1) is 43.0. The summed E-state index contributed by atoms with van der Waals surface area (Å²) in [5, 5.41) is 11.9. The van der Waals surface area contributed by atoms with Crippen molar-refractivity contribution in [2.75, 3.05) is 27.9 Å². The van der Waals surface area contributed by atoms with Gasteiger partial charge in [-0.3, -0.25) is 14.4 Å². The van der Waals surface area contributed by atoms with Crippen molar-refractivity contribution in [1.29, 1.82) is 0 Å². The van der Waals surface area contributed by atoms with E-state index in [-0.39, 0.29) is 48.5 Å². The highest BCUT2D eigenvalue weighted by molar-refractivity contribution is 6.39. The summed E-state index contributed by atoms with van der Waals surface area (Å²) in [7, 11) is 4.84. The molecule has 298 valence electrons. The van der Waals surface area contributed by atoms with Crippen molar-refractivity contribution < 1.29 is 48.0 Å². The van der Waals surface area contributed by atoms with Crippen LogP contribution in [0.1, 0.15) is 99.8 Å². The van der Waals surface area contributed by atoms with Crippen molar-refractivity contribution >= 4 is 23.4 Å². The number of fused-ring (bicyclic) bond motifs is 3. The average molecular weight is 744 g/mol. The molecule has 53 heavy (non-hydrogen) atoms. The number of ketones is 2. The van der Waals surface area contributed by atoms with Gasteiger partial charge in [0.1, 0.15) is 18.2 Å². The Morgan fingerprint density at radius 3 is 2.25 bits per heavy atom. The van der Waals surface area contributed by atoms with Gasteiger partial charge < -0.3 is 33.7 Å². The second-order valence-corrected chi connectivity index (χ2v) is 16.5. The summed E-state index contributed by atoms with van der Waals surface area (Å²) in [5.41, 5.74) is 1.90. The largest absolute Gasteiger partial charge is 0.456 e. The van der Waals surface area contributed by atoms with E-state index in [2.05, 4.69) is 19.9 Å². The molecule has 13 unspecified atom stereocenters. The standard InChI is InChI=1S/C42H65NO10/c1-24-18-25(2)20-35(50-9)38-36(51-10)22-30(7)42(48,53-38)39(45)40(46)43-17-11-12-32(43)41(47)52-37(27(4)14-16-33(44)28(5)19-24)29(6)21-31-15-13-26(3)34(23-31)49-8/h14,16,19,21,25-28,30-32,34-38,48H,11-13,15,17-18,20,22-23H2,1-10H3/b16-14+,24-19+,29-21+. The van der Waals surface area contributed by atoms with Gasteiger partial charge >= 0.3 is 5.97 Å². The first-order valence-corrected chi connectivity index (χ1v) is 19.7. The molecular formula is C42H65NO10. The number of carbonyl (C=O) groups excluding carboxylic acids is 4. The van der Waals surface area contributed by atoms with E-state index in [0.29, 0.717) is 31.6 Å². The van der Waals surface area contributed by atoms with E-state index in [0.717, 1.165) is 30.4 Å². The molecule has 1 saturated carbocycles. The fourth-order valence-corrected chi connectivity index (χ4v) is 8.95. The zero-order valence-electron chi connectivity index (χ0n) is 33.7. The molecular weight excluding hydrogens is 678 g/mol. The third kappa shape index (κ3) is 10.1. The van der Waals surface area contributed by atoms with Crippen molar-refractivity contribution in [1.82, 2.24) is 4.90 Å². The van der Waals surface area contributed by atoms with Gasteiger partial charge in [-0.15, -0.1) is 0 Å². The molecule has 1 N–H and O–H groups in total. The number of nitrogens with zero attached hydrogens (tertiary/aromatic N) is 1. The van der Waals surface area contributed by atoms with Gasteiger partial charge in [0.15, 0.2) is 5.78 Å². The summed E-state index contributed by atoms with van der Waals surface area (Å²) in [6.45, 7) is 13.8. The van der Waals surface area contributed by atoms with Crippen LogP contribution in [0.5, 0.6) is 0 Å². The van der Waals surface area contributed by atoms with E-state index in [9.17, 15) is 24.3 Å². The average Bonchev–Trinajstić information content (AvgIpc) is 3.62. The van der Waals surface area contributed by atoms with Gasteiger partial charge in [-0.25, -0.2) is 4.79 Å². The molecule has 3 fully saturated rings. The predicted octanol–water partition coefficient (Wildman–Crippen LogP) is 5.77. The van der Waals surface area contributed by atoms with Gasteiger partial charge in [-0.1, -0.05) is 58.4 Å². The summed E-state index contributed by atoms with van der Waals surface area (Å²) in [6.07, 6.45) is 10.1. The summed E-state index contributed by atoms with van der Waals surface area (Å²) >= 11 is 0. The van der Waals surface area contributed by atoms with Gasteiger partial charge in [0.05, 0.1) is 18.3 Å². The lowest BCUT2D eigenvalue weighted by molar-refractivity contribution is -0.302. The molecule has 0 aromatic heterocycles. The van der Waals surface area contributed by atoms with Crippen LogP contribution in [0, 0.1) is 35.5 Å².